The molecule has 0 spiro atoms. The van der Waals surface area contributed by atoms with E-state index >= 15 is 0 Å². The average Bonchev–Trinajstić information content (AvgIpc) is 2.81. The van der Waals surface area contributed by atoms with Crippen LogP contribution in [0.4, 0.5) is 4.79 Å². The van der Waals surface area contributed by atoms with Crippen LogP contribution in [-0.4, -0.2) is 53.3 Å². The van der Waals surface area contributed by atoms with Gasteiger partial charge in [-0.15, -0.1) is 0 Å². The first kappa shape index (κ1) is 20.5. The Hall–Kier alpha value is -1.50. The number of nitrogens with zero attached hydrogens (tertiary/aromatic N) is 1. The topological polar surface area (TPSA) is 82.1 Å². The molecule has 1 heterocycles. The summed E-state index contributed by atoms with van der Waals surface area (Å²) in [7, 11) is 0. The van der Waals surface area contributed by atoms with E-state index in [9.17, 15) is 14.4 Å². The maximum absolute atomic E-state index is 12.6. The third-order valence-corrected chi connectivity index (χ3v) is 3.40. The summed E-state index contributed by atoms with van der Waals surface area (Å²) in [4.78, 5) is 38.5. The number of carbonyl (C=O) groups is 3. The summed E-state index contributed by atoms with van der Waals surface area (Å²) in [5.41, 5.74) is -3.03. The fourth-order valence-electron chi connectivity index (χ4n) is 2.27. The summed E-state index contributed by atoms with van der Waals surface area (Å²) < 4.78 is 15.5. The summed E-state index contributed by atoms with van der Waals surface area (Å²) in [6.45, 7) is 10.3. The molecule has 1 aliphatic rings. The lowest BCUT2D eigenvalue weighted by Crippen LogP contribution is -2.47. The Morgan fingerprint density at radius 2 is 1.54 bits per heavy atom. The van der Waals surface area contributed by atoms with Crippen LogP contribution in [-0.2, 0) is 23.8 Å². The number of hydrogen-bond acceptors (Lipinski definition) is 6. The normalized spacial score (nSPS) is 21.4. The van der Waals surface area contributed by atoms with Gasteiger partial charge in [-0.2, -0.15) is 0 Å². The van der Waals surface area contributed by atoms with E-state index in [1.54, 1.807) is 41.5 Å². The van der Waals surface area contributed by atoms with Crippen molar-refractivity contribution in [1.82, 2.24) is 4.90 Å². The van der Waals surface area contributed by atoms with Crippen LogP contribution in [0.1, 0.15) is 48.0 Å². The fraction of sp³-hybridized carbons (Fsp3) is 0.812. The highest BCUT2D eigenvalue weighted by Gasteiger charge is 2.56. The molecular weight excluding hydrogens is 338 g/mol. The molecule has 0 aliphatic carbocycles. The number of halogens is 1. The van der Waals surface area contributed by atoms with E-state index in [-0.39, 0.29) is 25.6 Å². The van der Waals surface area contributed by atoms with Gasteiger partial charge in [0.05, 0.1) is 6.54 Å². The van der Waals surface area contributed by atoms with Crippen LogP contribution in [0.2, 0.25) is 0 Å². The summed E-state index contributed by atoms with van der Waals surface area (Å²) in [6, 6.07) is -0.379. The molecule has 0 saturated carbocycles. The van der Waals surface area contributed by atoms with Crippen LogP contribution in [0.15, 0.2) is 0 Å². The highest BCUT2D eigenvalue weighted by molar-refractivity contribution is 6.18. The van der Waals surface area contributed by atoms with E-state index in [1.165, 1.54) is 4.90 Å². The number of alkyl halides is 1. The maximum atomic E-state index is 12.6. The minimum atomic E-state index is -1.58. The zero-order valence-electron chi connectivity index (χ0n) is 15.1. The second-order valence-corrected chi connectivity index (χ2v) is 8.00. The van der Waals surface area contributed by atoms with Crippen molar-refractivity contribution in [3.8, 4) is 0 Å². The summed E-state index contributed by atoms with van der Waals surface area (Å²) in [6.07, 6.45) is -0.497. The molecule has 0 N–H and O–H groups in total. The first-order valence-electron chi connectivity index (χ1n) is 7.75. The number of likely N-dealkylation sites (tertiary alicyclic amines) is 1. The number of amides is 1. The Labute approximate surface area is 147 Å². The van der Waals surface area contributed by atoms with Crippen molar-refractivity contribution >= 4 is 29.6 Å². The van der Waals surface area contributed by atoms with Crippen LogP contribution in [0, 0.1) is 5.41 Å². The summed E-state index contributed by atoms with van der Waals surface area (Å²) in [5.74, 6) is -1.52. The minimum absolute atomic E-state index is 0.0941. The third kappa shape index (κ3) is 5.26. The molecule has 0 aromatic heterocycles. The van der Waals surface area contributed by atoms with Gasteiger partial charge in [-0.1, -0.05) is 11.6 Å². The Kier molecular flexibility index (Phi) is 6.14. The van der Waals surface area contributed by atoms with Crippen LogP contribution < -0.4 is 0 Å². The van der Waals surface area contributed by atoms with Crippen LogP contribution in [0.3, 0.4) is 0 Å². The summed E-state index contributed by atoms with van der Waals surface area (Å²) >= 11 is 5.46. The zero-order valence-corrected chi connectivity index (χ0v) is 15.9. The van der Waals surface area contributed by atoms with Gasteiger partial charge in [-0.05, 0) is 48.0 Å². The Balaban J connectivity index is 3.00. The van der Waals surface area contributed by atoms with E-state index < -0.39 is 34.6 Å². The number of carbonyl (C=O) groups excluding carboxylic acids is 3. The summed E-state index contributed by atoms with van der Waals surface area (Å²) in [5, 5.41) is 0. The molecule has 0 aromatic rings. The lowest BCUT2D eigenvalue weighted by atomic mass is 9.87. The second kappa shape index (κ2) is 7.17. The molecule has 1 amide bonds. The fourth-order valence-corrected chi connectivity index (χ4v) is 2.37. The number of esters is 2. The van der Waals surface area contributed by atoms with E-state index in [0.717, 1.165) is 0 Å². The van der Waals surface area contributed by atoms with E-state index in [2.05, 4.69) is 0 Å². The molecule has 1 atom stereocenters. The first-order chi connectivity index (χ1) is 10.8. The number of rotatable bonds is 3. The van der Waals surface area contributed by atoms with Crippen LogP contribution in [0.25, 0.3) is 0 Å². The van der Waals surface area contributed by atoms with Gasteiger partial charge in [0.2, 0.25) is 0 Å². The Morgan fingerprint density at radius 1 is 1.00 bits per heavy atom. The smallest absolute Gasteiger partial charge is 0.410 e. The molecule has 0 radical (unpaired) electrons. The van der Waals surface area contributed by atoms with E-state index in [1.807, 2.05) is 0 Å². The van der Waals surface area contributed by atoms with Gasteiger partial charge in [-0.25, -0.2) is 4.79 Å². The lowest BCUT2D eigenvalue weighted by molar-refractivity contribution is -0.177. The highest BCUT2D eigenvalue weighted by Crippen LogP contribution is 2.35. The van der Waals surface area contributed by atoms with Crippen molar-refractivity contribution in [3.05, 3.63) is 0 Å². The Morgan fingerprint density at radius 3 is 2.00 bits per heavy atom. The van der Waals surface area contributed by atoms with Gasteiger partial charge in [0.1, 0.15) is 11.2 Å². The van der Waals surface area contributed by atoms with Gasteiger partial charge in [0.25, 0.3) is 0 Å². The SMILES string of the molecule is CC(C)(C)OC(=O)N1CCC(C(=O)OCCl)(C(=O)OC(C)(C)C)C1. The number of ether oxygens (including phenoxy) is 3. The molecule has 1 unspecified atom stereocenters. The molecule has 24 heavy (non-hydrogen) atoms. The van der Waals surface area contributed by atoms with Crippen molar-refractivity contribution in [1.29, 1.82) is 0 Å². The highest BCUT2D eigenvalue weighted by atomic mass is 35.5. The Bertz CT molecular complexity index is 508. The lowest BCUT2D eigenvalue weighted by Gasteiger charge is -2.29. The van der Waals surface area contributed by atoms with Crippen molar-refractivity contribution in [3.63, 3.8) is 0 Å². The molecule has 138 valence electrons. The average molecular weight is 364 g/mol. The third-order valence-electron chi connectivity index (χ3n) is 3.29. The van der Waals surface area contributed by atoms with E-state index in [4.69, 9.17) is 25.8 Å². The van der Waals surface area contributed by atoms with Gasteiger partial charge in [-0.3, -0.25) is 9.59 Å². The molecule has 8 heteroatoms. The second-order valence-electron chi connectivity index (χ2n) is 7.78. The predicted octanol–water partition coefficient (Wildman–Crippen LogP) is 2.69. The van der Waals surface area contributed by atoms with E-state index in [0.29, 0.717) is 0 Å². The molecule has 1 fully saturated rings. The first-order valence-corrected chi connectivity index (χ1v) is 8.29. The van der Waals surface area contributed by atoms with Crippen LogP contribution >= 0.6 is 11.6 Å². The zero-order chi connectivity index (χ0) is 18.8. The van der Waals surface area contributed by atoms with Crippen LogP contribution in [0.5, 0.6) is 0 Å². The number of hydrogen-bond donors (Lipinski definition) is 0. The molecule has 7 nitrogen and oxygen atoms in total. The molecule has 0 bridgehead atoms. The molecule has 0 aromatic carbocycles. The van der Waals surface area contributed by atoms with Crippen molar-refractivity contribution in [2.45, 2.75) is 59.2 Å². The molecule has 1 saturated heterocycles. The van der Waals surface area contributed by atoms with Gasteiger partial charge >= 0.3 is 18.0 Å². The van der Waals surface area contributed by atoms with Gasteiger partial charge < -0.3 is 19.1 Å². The monoisotopic (exact) mass is 363 g/mol. The van der Waals surface area contributed by atoms with Crippen molar-refractivity contribution in [2.75, 3.05) is 19.2 Å². The molecule has 1 rings (SSSR count). The molecule has 1 aliphatic heterocycles. The van der Waals surface area contributed by atoms with Crippen molar-refractivity contribution in [2.24, 2.45) is 5.41 Å². The quantitative estimate of drug-likeness (QED) is 0.332. The van der Waals surface area contributed by atoms with Crippen molar-refractivity contribution < 1.29 is 28.6 Å². The van der Waals surface area contributed by atoms with Gasteiger partial charge in [0, 0.05) is 6.54 Å². The van der Waals surface area contributed by atoms with Gasteiger partial charge in [0.15, 0.2) is 11.5 Å². The molecular formula is C16H26ClNO6. The standard InChI is InChI=1S/C16H26ClNO6/c1-14(2,3)23-12(20)16(11(19)22-10-17)7-8-18(9-16)13(21)24-15(4,5)6/h7-10H2,1-6H3. The predicted molar refractivity (Wildman–Crippen MR) is 87.5 cm³/mol. The largest absolute Gasteiger partial charge is 0.459 e. The minimum Gasteiger partial charge on any atom is -0.459 e. The maximum Gasteiger partial charge on any atom is 0.410 e.